The number of hydrogen-bond donors (Lipinski definition) is 2. The highest BCUT2D eigenvalue weighted by atomic mass is 15.2. The Morgan fingerprint density at radius 3 is 2.44 bits per heavy atom. The molecule has 2 aromatic heterocycles. The zero-order valence-electron chi connectivity index (χ0n) is 16.1. The van der Waals surface area contributed by atoms with Crippen LogP contribution < -0.4 is 10.6 Å². The summed E-state index contributed by atoms with van der Waals surface area (Å²) in [6.45, 7) is 5.55. The van der Waals surface area contributed by atoms with Crippen LogP contribution in [0.2, 0.25) is 0 Å². The fraction of sp³-hybridized carbons (Fsp3) is 0.286. The first-order valence-corrected chi connectivity index (χ1v) is 9.17. The predicted molar refractivity (Wildman–Crippen MR) is 109 cm³/mol. The molecule has 1 aromatic carbocycles. The van der Waals surface area contributed by atoms with Crippen LogP contribution >= 0.6 is 0 Å². The van der Waals surface area contributed by atoms with Gasteiger partial charge in [0.15, 0.2) is 5.96 Å². The number of imidazole rings is 1. The lowest BCUT2D eigenvalue weighted by molar-refractivity contribution is 0.799. The molecule has 0 amide bonds. The first-order valence-electron chi connectivity index (χ1n) is 9.17. The molecule has 0 bridgehead atoms. The van der Waals surface area contributed by atoms with Gasteiger partial charge in [0.25, 0.3) is 0 Å². The lowest BCUT2D eigenvalue weighted by atomic mass is 10.1. The van der Waals surface area contributed by atoms with Gasteiger partial charge in [-0.05, 0) is 36.1 Å². The van der Waals surface area contributed by atoms with E-state index < -0.39 is 0 Å². The Balaban J connectivity index is 1.56. The summed E-state index contributed by atoms with van der Waals surface area (Å²) < 4.78 is 1.96. The first-order chi connectivity index (χ1) is 13.2. The molecule has 0 atom stereocenters. The number of rotatable bonds is 6. The maximum absolute atomic E-state index is 4.52. The van der Waals surface area contributed by atoms with Gasteiger partial charge in [-0.3, -0.25) is 9.56 Å². The fourth-order valence-corrected chi connectivity index (χ4v) is 2.94. The molecule has 0 aliphatic heterocycles. The van der Waals surface area contributed by atoms with Gasteiger partial charge in [0.2, 0.25) is 0 Å². The van der Waals surface area contributed by atoms with Crippen LogP contribution in [-0.4, -0.2) is 27.5 Å². The second-order valence-corrected chi connectivity index (χ2v) is 6.27. The number of aromatic nitrogens is 3. The number of pyridine rings is 1. The van der Waals surface area contributed by atoms with Crippen LogP contribution in [0.5, 0.6) is 0 Å². The summed E-state index contributed by atoms with van der Waals surface area (Å²) in [5.41, 5.74) is 3.74. The summed E-state index contributed by atoms with van der Waals surface area (Å²) in [6.07, 6.45) is 6.59. The molecule has 0 aliphatic carbocycles. The number of guanidine groups is 1. The third kappa shape index (κ3) is 4.73. The Labute approximate surface area is 160 Å². The fourth-order valence-electron chi connectivity index (χ4n) is 2.94. The summed E-state index contributed by atoms with van der Waals surface area (Å²) in [4.78, 5) is 13.1. The van der Waals surface area contributed by atoms with Crippen LogP contribution in [-0.2, 0) is 19.5 Å². The van der Waals surface area contributed by atoms with Crippen LogP contribution in [0, 0.1) is 6.92 Å². The molecule has 2 heterocycles. The summed E-state index contributed by atoms with van der Waals surface area (Å²) in [5, 5.41) is 6.72. The van der Waals surface area contributed by atoms with Crippen molar-refractivity contribution in [1.29, 1.82) is 0 Å². The monoisotopic (exact) mass is 362 g/mol. The van der Waals surface area contributed by atoms with Crippen molar-refractivity contribution in [1.82, 2.24) is 25.2 Å². The first kappa shape index (κ1) is 18.6. The minimum Gasteiger partial charge on any atom is -0.352 e. The van der Waals surface area contributed by atoms with E-state index in [1.165, 1.54) is 11.1 Å². The van der Waals surface area contributed by atoms with Gasteiger partial charge in [-0.15, -0.1) is 0 Å². The van der Waals surface area contributed by atoms with Crippen LogP contribution in [0.15, 0.2) is 60.0 Å². The summed E-state index contributed by atoms with van der Waals surface area (Å²) in [7, 11) is 1.78. The number of benzene rings is 1. The molecule has 0 fully saturated rings. The number of hydrogen-bond acceptors (Lipinski definition) is 3. The highest BCUT2D eigenvalue weighted by molar-refractivity contribution is 5.79. The SMILES string of the molecule is CCc1ccccc1CNC(=NC)NCc1ccc(-n2ccnc2C)nc1. The van der Waals surface area contributed by atoms with Crippen molar-refractivity contribution < 1.29 is 0 Å². The largest absolute Gasteiger partial charge is 0.352 e. The van der Waals surface area contributed by atoms with E-state index in [0.29, 0.717) is 6.54 Å². The third-order valence-electron chi connectivity index (χ3n) is 4.51. The molecule has 0 saturated carbocycles. The Morgan fingerprint density at radius 2 is 1.81 bits per heavy atom. The summed E-state index contributed by atoms with van der Waals surface area (Å²) in [5.74, 6) is 2.56. The molecule has 140 valence electrons. The lowest BCUT2D eigenvalue weighted by Crippen LogP contribution is -2.36. The Hall–Kier alpha value is -3.15. The van der Waals surface area contributed by atoms with Crippen LogP contribution in [0.25, 0.3) is 5.82 Å². The van der Waals surface area contributed by atoms with Crippen molar-refractivity contribution in [2.45, 2.75) is 33.4 Å². The van der Waals surface area contributed by atoms with Gasteiger partial charge in [-0.2, -0.15) is 0 Å². The molecule has 3 aromatic rings. The third-order valence-corrected chi connectivity index (χ3v) is 4.51. The highest BCUT2D eigenvalue weighted by Gasteiger charge is 2.04. The molecular weight excluding hydrogens is 336 g/mol. The van der Waals surface area contributed by atoms with Crippen molar-refractivity contribution in [2.75, 3.05) is 7.05 Å². The lowest BCUT2D eigenvalue weighted by Gasteiger charge is -2.14. The predicted octanol–water partition coefficient (Wildman–Crippen LogP) is 3.00. The van der Waals surface area contributed by atoms with Gasteiger partial charge < -0.3 is 10.6 Å². The Morgan fingerprint density at radius 1 is 1.04 bits per heavy atom. The van der Waals surface area contributed by atoms with Gasteiger partial charge in [0.1, 0.15) is 11.6 Å². The number of aryl methyl sites for hydroxylation is 2. The van der Waals surface area contributed by atoms with E-state index in [2.05, 4.69) is 62.8 Å². The standard InChI is InChI=1S/C21H26N6/c1-4-18-7-5-6-8-19(18)15-26-21(22-3)25-14-17-9-10-20(24-13-17)27-12-11-23-16(27)2/h5-13H,4,14-15H2,1-3H3,(H2,22,25,26). The Bertz CT molecular complexity index is 895. The molecule has 0 spiro atoms. The van der Waals surface area contributed by atoms with Gasteiger partial charge in [-0.25, -0.2) is 9.97 Å². The zero-order chi connectivity index (χ0) is 19.1. The maximum Gasteiger partial charge on any atom is 0.191 e. The summed E-state index contributed by atoms with van der Waals surface area (Å²) >= 11 is 0. The van der Waals surface area contributed by atoms with Crippen LogP contribution in [0.4, 0.5) is 0 Å². The maximum atomic E-state index is 4.52. The van der Waals surface area contributed by atoms with E-state index in [9.17, 15) is 0 Å². The van der Waals surface area contributed by atoms with E-state index in [4.69, 9.17) is 0 Å². The van der Waals surface area contributed by atoms with E-state index in [-0.39, 0.29) is 0 Å². The number of nitrogens with zero attached hydrogens (tertiary/aromatic N) is 4. The molecule has 6 heteroatoms. The van der Waals surface area contributed by atoms with Crippen LogP contribution in [0.3, 0.4) is 0 Å². The van der Waals surface area contributed by atoms with Crippen molar-refractivity contribution in [2.24, 2.45) is 4.99 Å². The van der Waals surface area contributed by atoms with Crippen LogP contribution in [0.1, 0.15) is 29.4 Å². The van der Waals surface area contributed by atoms with Gasteiger partial charge in [0, 0.05) is 38.7 Å². The molecule has 3 rings (SSSR count). The average molecular weight is 362 g/mol. The van der Waals surface area contributed by atoms with Gasteiger partial charge in [0.05, 0.1) is 0 Å². The van der Waals surface area contributed by atoms with E-state index in [1.807, 2.05) is 30.0 Å². The van der Waals surface area contributed by atoms with Crippen molar-refractivity contribution >= 4 is 5.96 Å². The molecular formula is C21H26N6. The smallest absolute Gasteiger partial charge is 0.191 e. The molecule has 27 heavy (non-hydrogen) atoms. The second-order valence-electron chi connectivity index (χ2n) is 6.27. The average Bonchev–Trinajstić information content (AvgIpc) is 3.14. The molecule has 0 unspecified atom stereocenters. The number of nitrogens with one attached hydrogen (secondary N) is 2. The van der Waals surface area contributed by atoms with E-state index >= 15 is 0 Å². The molecule has 6 nitrogen and oxygen atoms in total. The van der Waals surface area contributed by atoms with Gasteiger partial charge in [-0.1, -0.05) is 37.3 Å². The van der Waals surface area contributed by atoms with Crippen molar-refractivity contribution in [3.8, 4) is 5.82 Å². The van der Waals surface area contributed by atoms with E-state index in [0.717, 1.165) is 36.1 Å². The topological polar surface area (TPSA) is 67.1 Å². The van der Waals surface area contributed by atoms with Crippen molar-refractivity contribution in [3.05, 3.63) is 77.5 Å². The minimum absolute atomic E-state index is 0.658. The number of aliphatic imine (C=N–C) groups is 1. The molecule has 2 N–H and O–H groups in total. The minimum atomic E-state index is 0.658. The molecule has 0 aliphatic rings. The quantitative estimate of drug-likeness (QED) is 0.522. The second kappa shape index (κ2) is 8.98. The normalized spacial score (nSPS) is 11.4. The van der Waals surface area contributed by atoms with Gasteiger partial charge >= 0.3 is 0 Å². The van der Waals surface area contributed by atoms with E-state index in [1.54, 1.807) is 13.2 Å². The summed E-state index contributed by atoms with van der Waals surface area (Å²) in [6, 6.07) is 12.5. The highest BCUT2D eigenvalue weighted by Crippen LogP contribution is 2.09. The van der Waals surface area contributed by atoms with Crippen molar-refractivity contribution in [3.63, 3.8) is 0 Å². The Kier molecular flexibility index (Phi) is 6.20. The molecule has 0 radical (unpaired) electrons. The molecule has 0 saturated heterocycles. The zero-order valence-corrected chi connectivity index (χ0v) is 16.1.